The van der Waals surface area contributed by atoms with Gasteiger partial charge < -0.3 is 15.2 Å². The topological polar surface area (TPSA) is 41.5 Å². The molecule has 0 fully saturated rings. The molecule has 3 heteroatoms. The predicted molar refractivity (Wildman–Crippen MR) is 65.7 cm³/mol. The van der Waals surface area contributed by atoms with E-state index in [1.807, 2.05) is 25.1 Å². The van der Waals surface area contributed by atoms with Crippen LogP contribution in [0.3, 0.4) is 0 Å². The van der Waals surface area contributed by atoms with Crippen LogP contribution in [0.4, 0.5) is 0 Å². The van der Waals surface area contributed by atoms with Gasteiger partial charge in [-0.3, -0.25) is 0 Å². The van der Waals surface area contributed by atoms with Crippen LogP contribution in [0.15, 0.2) is 24.3 Å². The van der Waals surface area contributed by atoms with Gasteiger partial charge >= 0.3 is 0 Å². The maximum Gasteiger partial charge on any atom is 0.119 e. The Bertz CT molecular complexity index is 313. The lowest BCUT2D eigenvalue weighted by atomic mass is 10.1. The van der Waals surface area contributed by atoms with E-state index in [0.29, 0.717) is 13.2 Å². The Kier molecular flexibility index (Phi) is 5.29. The summed E-state index contributed by atoms with van der Waals surface area (Å²) in [6.45, 7) is 7.10. The smallest absolute Gasteiger partial charge is 0.119 e. The molecule has 0 saturated heterocycles. The van der Waals surface area contributed by atoms with Crippen molar-refractivity contribution in [1.82, 2.24) is 5.32 Å². The molecule has 1 aromatic rings. The summed E-state index contributed by atoms with van der Waals surface area (Å²) in [7, 11) is 0. The molecule has 0 saturated carbocycles. The molecule has 0 aliphatic carbocycles. The summed E-state index contributed by atoms with van der Waals surface area (Å²) in [6.07, 6.45) is -0.322. The van der Waals surface area contributed by atoms with Gasteiger partial charge in [0.1, 0.15) is 5.75 Å². The molecule has 1 unspecified atom stereocenters. The van der Waals surface area contributed by atoms with Crippen molar-refractivity contribution in [3.8, 4) is 5.75 Å². The first-order chi connectivity index (χ1) is 7.63. The van der Waals surface area contributed by atoms with Gasteiger partial charge in [0.25, 0.3) is 0 Å². The van der Waals surface area contributed by atoms with Crippen molar-refractivity contribution in [3.05, 3.63) is 29.8 Å². The Balaban J connectivity index is 2.60. The van der Waals surface area contributed by atoms with Crippen LogP contribution in [0.25, 0.3) is 0 Å². The summed E-state index contributed by atoms with van der Waals surface area (Å²) in [5.74, 6) is 0.894. The summed E-state index contributed by atoms with van der Waals surface area (Å²) >= 11 is 0. The lowest BCUT2D eigenvalue weighted by molar-refractivity contribution is 0.187. The van der Waals surface area contributed by atoms with Gasteiger partial charge in [0, 0.05) is 12.6 Å². The van der Waals surface area contributed by atoms with Crippen LogP contribution in [0.1, 0.15) is 32.4 Å². The van der Waals surface area contributed by atoms with Crippen LogP contribution < -0.4 is 10.1 Å². The minimum absolute atomic E-state index is 0.218. The predicted octanol–water partition coefficient (Wildman–Crippen LogP) is 2.12. The normalized spacial score (nSPS) is 14.5. The summed E-state index contributed by atoms with van der Waals surface area (Å²) < 4.78 is 5.45. The molecule has 1 aromatic carbocycles. The molecule has 2 N–H and O–H groups in total. The van der Waals surface area contributed by atoms with Crippen LogP contribution in [-0.2, 0) is 0 Å². The fraction of sp³-hybridized carbons (Fsp3) is 0.538. The quantitative estimate of drug-likeness (QED) is 0.776. The number of ether oxygens (including phenoxy) is 1. The third-order valence-corrected chi connectivity index (χ3v) is 2.39. The molecule has 0 aromatic heterocycles. The fourth-order valence-corrected chi connectivity index (χ4v) is 1.51. The van der Waals surface area contributed by atoms with Crippen LogP contribution in [0.2, 0.25) is 0 Å². The van der Waals surface area contributed by atoms with Crippen LogP contribution in [0.5, 0.6) is 5.75 Å². The van der Waals surface area contributed by atoms with Crippen molar-refractivity contribution in [2.75, 3.05) is 13.2 Å². The average molecular weight is 223 g/mol. The van der Waals surface area contributed by atoms with Gasteiger partial charge in [-0.1, -0.05) is 12.1 Å². The first-order valence-electron chi connectivity index (χ1n) is 5.77. The highest BCUT2D eigenvalue weighted by molar-refractivity contribution is 5.30. The molecule has 3 nitrogen and oxygen atoms in total. The van der Waals surface area contributed by atoms with Crippen molar-refractivity contribution in [2.24, 2.45) is 0 Å². The van der Waals surface area contributed by atoms with E-state index < -0.39 is 0 Å². The van der Waals surface area contributed by atoms with Crippen molar-refractivity contribution in [2.45, 2.75) is 32.9 Å². The Morgan fingerprint density at radius 1 is 1.38 bits per heavy atom. The third-order valence-electron chi connectivity index (χ3n) is 2.39. The van der Waals surface area contributed by atoms with Crippen LogP contribution >= 0.6 is 0 Å². The summed E-state index contributed by atoms with van der Waals surface area (Å²) in [6, 6.07) is 8.25. The molecule has 0 spiro atoms. The maximum atomic E-state index is 9.20. The number of aliphatic hydroxyl groups excluding tert-OH is 1. The van der Waals surface area contributed by atoms with Crippen LogP contribution in [-0.4, -0.2) is 24.4 Å². The highest BCUT2D eigenvalue weighted by atomic mass is 16.5. The molecular formula is C13H21NO2. The van der Waals surface area contributed by atoms with Crippen molar-refractivity contribution >= 4 is 0 Å². The van der Waals surface area contributed by atoms with Gasteiger partial charge in [0.05, 0.1) is 12.7 Å². The summed E-state index contributed by atoms with van der Waals surface area (Å²) in [5.41, 5.74) is 1.17. The minimum atomic E-state index is -0.322. The van der Waals surface area contributed by atoms with Crippen molar-refractivity contribution < 1.29 is 9.84 Å². The molecule has 1 rings (SSSR count). The molecule has 0 aliphatic rings. The Hall–Kier alpha value is -1.06. The number of nitrogens with one attached hydrogen (secondary N) is 1. The van der Waals surface area contributed by atoms with Crippen LogP contribution in [0, 0.1) is 0 Å². The lowest BCUT2D eigenvalue weighted by Gasteiger charge is -2.16. The molecule has 0 amide bonds. The standard InChI is InChI=1S/C13H21NO2/c1-4-16-13-7-5-6-12(8-13)11(3)14-9-10(2)15/h5-8,10-11,14-15H,4,9H2,1-3H3/t10-,11?/m1/s1. The summed E-state index contributed by atoms with van der Waals surface area (Å²) in [5, 5.41) is 12.5. The first-order valence-corrected chi connectivity index (χ1v) is 5.77. The number of aliphatic hydroxyl groups is 1. The average Bonchev–Trinajstić information content (AvgIpc) is 2.26. The molecular weight excluding hydrogens is 202 g/mol. The minimum Gasteiger partial charge on any atom is -0.494 e. The van der Waals surface area contributed by atoms with E-state index in [1.165, 1.54) is 5.56 Å². The number of hydrogen-bond acceptors (Lipinski definition) is 3. The SMILES string of the molecule is CCOc1cccc(C(C)NC[C@@H](C)O)c1. The fourth-order valence-electron chi connectivity index (χ4n) is 1.51. The molecule has 16 heavy (non-hydrogen) atoms. The number of rotatable bonds is 6. The zero-order chi connectivity index (χ0) is 12.0. The molecule has 0 radical (unpaired) electrons. The molecule has 2 atom stereocenters. The van der Waals surface area contributed by atoms with Gasteiger partial charge in [0.2, 0.25) is 0 Å². The third kappa shape index (κ3) is 4.21. The lowest BCUT2D eigenvalue weighted by Crippen LogP contribution is -2.27. The van der Waals surface area contributed by atoms with Crippen molar-refractivity contribution in [1.29, 1.82) is 0 Å². The Morgan fingerprint density at radius 2 is 2.12 bits per heavy atom. The number of benzene rings is 1. The zero-order valence-corrected chi connectivity index (χ0v) is 10.2. The highest BCUT2D eigenvalue weighted by Crippen LogP contribution is 2.18. The second kappa shape index (κ2) is 6.51. The van der Waals surface area contributed by atoms with Gasteiger partial charge in [-0.25, -0.2) is 0 Å². The van der Waals surface area contributed by atoms with Gasteiger partial charge in [-0.2, -0.15) is 0 Å². The van der Waals surface area contributed by atoms with Gasteiger partial charge in [0.15, 0.2) is 0 Å². The first kappa shape index (κ1) is 13.0. The molecule has 0 heterocycles. The van der Waals surface area contributed by atoms with E-state index in [9.17, 15) is 5.11 Å². The number of hydrogen-bond donors (Lipinski definition) is 2. The molecule has 90 valence electrons. The van der Waals surface area contributed by atoms with E-state index in [-0.39, 0.29) is 12.1 Å². The molecule has 0 aliphatic heterocycles. The summed E-state index contributed by atoms with van der Waals surface area (Å²) in [4.78, 5) is 0. The monoisotopic (exact) mass is 223 g/mol. The van der Waals surface area contributed by atoms with E-state index in [4.69, 9.17) is 4.74 Å². The van der Waals surface area contributed by atoms with E-state index in [2.05, 4.69) is 18.3 Å². The largest absolute Gasteiger partial charge is 0.494 e. The second-order valence-electron chi connectivity index (χ2n) is 3.98. The van der Waals surface area contributed by atoms with E-state index in [1.54, 1.807) is 6.92 Å². The highest BCUT2D eigenvalue weighted by Gasteiger charge is 2.06. The van der Waals surface area contributed by atoms with Gasteiger partial charge in [-0.15, -0.1) is 0 Å². The van der Waals surface area contributed by atoms with E-state index >= 15 is 0 Å². The second-order valence-corrected chi connectivity index (χ2v) is 3.98. The maximum absolute atomic E-state index is 9.20. The van der Waals surface area contributed by atoms with E-state index in [0.717, 1.165) is 5.75 Å². The van der Waals surface area contributed by atoms with Gasteiger partial charge in [-0.05, 0) is 38.5 Å². The zero-order valence-electron chi connectivity index (χ0n) is 10.2. The van der Waals surface area contributed by atoms with Crippen molar-refractivity contribution in [3.63, 3.8) is 0 Å². The Morgan fingerprint density at radius 3 is 2.75 bits per heavy atom. The Labute approximate surface area is 97.4 Å². The molecule has 0 bridgehead atoms.